The summed E-state index contributed by atoms with van der Waals surface area (Å²) in [5.41, 5.74) is 0.694. The van der Waals surface area contributed by atoms with E-state index in [4.69, 9.17) is 34.0 Å². The number of nitrogens with zero attached hydrogens (tertiary/aromatic N) is 1. The van der Waals surface area contributed by atoms with Crippen LogP contribution in [-0.2, 0) is 16.0 Å². The molecule has 29 heavy (non-hydrogen) atoms. The molecule has 0 fully saturated rings. The Morgan fingerprint density at radius 1 is 1.14 bits per heavy atom. The lowest BCUT2D eigenvalue weighted by atomic mass is 10.1. The molecule has 0 spiro atoms. The van der Waals surface area contributed by atoms with Crippen molar-refractivity contribution in [3.05, 3.63) is 75.7 Å². The number of hydrogen-bond donors (Lipinski definition) is 3. The number of rotatable bonds is 6. The van der Waals surface area contributed by atoms with Gasteiger partial charge in [-0.15, -0.1) is 0 Å². The van der Waals surface area contributed by atoms with E-state index in [9.17, 15) is 14.0 Å². The maximum atomic E-state index is 13.1. The second kappa shape index (κ2) is 9.95. The number of anilines is 1. The highest BCUT2D eigenvalue weighted by Gasteiger charge is 2.17. The van der Waals surface area contributed by atoms with Crippen LogP contribution < -0.4 is 10.2 Å². The van der Waals surface area contributed by atoms with E-state index in [-0.39, 0.29) is 23.6 Å². The summed E-state index contributed by atoms with van der Waals surface area (Å²) in [6.45, 7) is 1.24. The van der Waals surface area contributed by atoms with E-state index < -0.39 is 17.6 Å². The molecule has 2 amide bonds. The molecular weight excluding hydrogens is 418 g/mol. The van der Waals surface area contributed by atoms with Crippen molar-refractivity contribution >= 4 is 52.8 Å². The molecule has 9 heteroatoms. The van der Waals surface area contributed by atoms with Crippen molar-refractivity contribution < 1.29 is 14.0 Å². The first-order chi connectivity index (χ1) is 13.7. The zero-order valence-electron chi connectivity index (χ0n) is 15.3. The number of amidine groups is 1. The van der Waals surface area contributed by atoms with Crippen LogP contribution in [0.15, 0.2) is 54.2 Å². The zero-order valence-corrected chi connectivity index (χ0v) is 16.8. The summed E-state index contributed by atoms with van der Waals surface area (Å²) in [7, 11) is 0. The predicted octanol–water partition coefficient (Wildman–Crippen LogP) is 4.36. The molecule has 0 unspecified atom stereocenters. The van der Waals surface area contributed by atoms with Crippen LogP contribution in [0.2, 0.25) is 10.0 Å². The number of carbonyl (C=O) groups excluding carboxylic acids is 2. The largest absolute Gasteiger partial charge is 0.324 e. The summed E-state index contributed by atoms with van der Waals surface area (Å²) in [6, 6.07) is 9.88. The normalized spacial score (nSPS) is 11.0. The fourth-order valence-corrected chi connectivity index (χ4v) is 3.00. The van der Waals surface area contributed by atoms with Crippen molar-refractivity contribution in [1.82, 2.24) is 5.32 Å². The van der Waals surface area contributed by atoms with E-state index in [1.54, 1.807) is 18.2 Å². The Morgan fingerprint density at radius 2 is 1.72 bits per heavy atom. The summed E-state index contributed by atoms with van der Waals surface area (Å²) in [5, 5.41) is 18.8. The summed E-state index contributed by atoms with van der Waals surface area (Å²) in [4.78, 5) is 25.3. The Labute approximate surface area is 176 Å². The highest BCUT2D eigenvalue weighted by Crippen LogP contribution is 2.24. The standard InChI is InChI=1S/C20H17Cl2FN4O2/c1-12(28)27(15-7-5-13(23)6-8-15)19(25)9-14(11-24)26-20(29)10-16-17(21)3-2-4-18(16)22/h2-9,11,24-25H,10H2,1H3,(H,26,29)/b14-9+,24-11?,25-19?. The number of hydrogen-bond acceptors (Lipinski definition) is 4. The van der Waals surface area contributed by atoms with E-state index in [1.165, 1.54) is 19.1 Å². The van der Waals surface area contributed by atoms with E-state index in [1.807, 2.05) is 0 Å². The minimum Gasteiger partial charge on any atom is -0.324 e. The second-order valence-electron chi connectivity index (χ2n) is 5.89. The van der Waals surface area contributed by atoms with Gasteiger partial charge >= 0.3 is 0 Å². The molecule has 3 N–H and O–H groups in total. The number of halogens is 3. The molecule has 0 bridgehead atoms. The average Bonchev–Trinajstić information content (AvgIpc) is 2.65. The molecular formula is C20H17Cl2FN4O2. The minimum atomic E-state index is -0.501. The average molecular weight is 435 g/mol. The van der Waals surface area contributed by atoms with Gasteiger partial charge in [0, 0.05) is 29.3 Å². The maximum absolute atomic E-state index is 13.1. The van der Waals surface area contributed by atoms with Gasteiger partial charge in [0.1, 0.15) is 11.7 Å². The van der Waals surface area contributed by atoms with Crippen LogP contribution >= 0.6 is 23.2 Å². The third-order valence-electron chi connectivity index (χ3n) is 3.77. The Hall–Kier alpha value is -3.03. The van der Waals surface area contributed by atoms with E-state index in [0.717, 1.165) is 29.3 Å². The number of carbonyl (C=O) groups is 2. The lowest BCUT2D eigenvalue weighted by Crippen LogP contribution is -2.35. The molecule has 0 saturated heterocycles. The summed E-state index contributed by atoms with van der Waals surface area (Å²) in [5.74, 6) is -1.78. The Kier molecular flexibility index (Phi) is 7.64. The zero-order chi connectivity index (χ0) is 21.6. The highest BCUT2D eigenvalue weighted by atomic mass is 35.5. The van der Waals surface area contributed by atoms with Crippen molar-refractivity contribution in [1.29, 1.82) is 10.8 Å². The maximum Gasteiger partial charge on any atom is 0.229 e. The fraction of sp³-hybridized carbons (Fsp3) is 0.100. The number of amides is 2. The lowest BCUT2D eigenvalue weighted by molar-refractivity contribution is -0.119. The number of benzene rings is 2. The smallest absolute Gasteiger partial charge is 0.229 e. The van der Waals surface area contributed by atoms with Gasteiger partial charge in [0.25, 0.3) is 0 Å². The molecule has 0 heterocycles. The van der Waals surface area contributed by atoms with Crippen LogP contribution in [0.1, 0.15) is 12.5 Å². The fourth-order valence-electron chi connectivity index (χ4n) is 2.47. The number of allylic oxidation sites excluding steroid dienone is 1. The van der Waals surface area contributed by atoms with Crippen LogP contribution in [0.3, 0.4) is 0 Å². The lowest BCUT2D eigenvalue weighted by Gasteiger charge is -2.20. The van der Waals surface area contributed by atoms with Gasteiger partial charge in [-0.05, 0) is 42.0 Å². The summed E-state index contributed by atoms with van der Waals surface area (Å²) in [6.07, 6.45) is 1.85. The minimum absolute atomic E-state index is 0.0171. The van der Waals surface area contributed by atoms with Crippen LogP contribution in [0.5, 0.6) is 0 Å². The summed E-state index contributed by atoms with van der Waals surface area (Å²) >= 11 is 12.1. The monoisotopic (exact) mass is 434 g/mol. The van der Waals surface area contributed by atoms with Gasteiger partial charge in [-0.25, -0.2) is 4.39 Å². The predicted molar refractivity (Wildman–Crippen MR) is 112 cm³/mol. The Bertz CT molecular complexity index is 970. The van der Waals surface area contributed by atoms with Gasteiger partial charge in [-0.2, -0.15) is 0 Å². The van der Waals surface area contributed by atoms with Crippen molar-refractivity contribution in [3.63, 3.8) is 0 Å². The van der Waals surface area contributed by atoms with Crippen LogP contribution in [0.25, 0.3) is 0 Å². The van der Waals surface area contributed by atoms with Gasteiger partial charge in [0.15, 0.2) is 0 Å². The topological polar surface area (TPSA) is 97.1 Å². The van der Waals surface area contributed by atoms with E-state index in [2.05, 4.69) is 5.32 Å². The third-order valence-corrected chi connectivity index (χ3v) is 4.48. The van der Waals surface area contributed by atoms with Gasteiger partial charge in [0.05, 0.1) is 17.8 Å². The molecule has 150 valence electrons. The first-order valence-corrected chi connectivity index (χ1v) is 9.08. The Balaban J connectivity index is 2.19. The molecule has 0 aromatic heterocycles. The van der Waals surface area contributed by atoms with Gasteiger partial charge in [0.2, 0.25) is 11.8 Å². The molecule has 0 atom stereocenters. The van der Waals surface area contributed by atoms with Gasteiger partial charge in [-0.1, -0.05) is 29.3 Å². The first-order valence-electron chi connectivity index (χ1n) is 8.32. The van der Waals surface area contributed by atoms with Gasteiger partial charge < -0.3 is 10.7 Å². The SMILES string of the molecule is CC(=O)N(C(=N)/C=C(\C=N)NC(=O)Cc1c(Cl)cccc1Cl)c1ccc(F)cc1. The number of nitrogens with one attached hydrogen (secondary N) is 3. The molecule has 0 saturated carbocycles. The molecule has 2 rings (SSSR count). The van der Waals surface area contributed by atoms with Crippen molar-refractivity contribution in [2.75, 3.05) is 4.90 Å². The molecule has 0 radical (unpaired) electrons. The molecule has 2 aromatic carbocycles. The molecule has 2 aromatic rings. The quantitative estimate of drug-likeness (QED) is 0.465. The Morgan fingerprint density at radius 3 is 2.24 bits per heavy atom. The van der Waals surface area contributed by atoms with Crippen LogP contribution in [-0.4, -0.2) is 23.9 Å². The van der Waals surface area contributed by atoms with Crippen molar-refractivity contribution in [3.8, 4) is 0 Å². The van der Waals surface area contributed by atoms with Crippen molar-refractivity contribution in [2.24, 2.45) is 0 Å². The second-order valence-corrected chi connectivity index (χ2v) is 6.70. The highest BCUT2D eigenvalue weighted by molar-refractivity contribution is 6.36. The molecule has 0 aliphatic rings. The van der Waals surface area contributed by atoms with Gasteiger partial charge in [-0.3, -0.25) is 19.9 Å². The van der Waals surface area contributed by atoms with E-state index in [0.29, 0.717) is 15.6 Å². The van der Waals surface area contributed by atoms with E-state index >= 15 is 0 Å². The van der Waals surface area contributed by atoms with Crippen LogP contribution in [0.4, 0.5) is 10.1 Å². The van der Waals surface area contributed by atoms with Crippen molar-refractivity contribution in [2.45, 2.75) is 13.3 Å². The third kappa shape index (κ3) is 5.97. The molecule has 0 aliphatic heterocycles. The van der Waals surface area contributed by atoms with Crippen LogP contribution in [0, 0.1) is 16.6 Å². The molecule has 0 aliphatic carbocycles. The molecule has 6 nitrogen and oxygen atoms in total. The summed E-state index contributed by atoms with van der Waals surface area (Å²) < 4.78 is 13.1. The first kappa shape index (κ1) is 22.3.